The Morgan fingerprint density at radius 2 is 2.10 bits per heavy atom. The Balaban J connectivity index is 1.94. The number of pyridine rings is 2. The summed E-state index contributed by atoms with van der Waals surface area (Å²) in [6.07, 6.45) is 7.28. The van der Waals surface area contributed by atoms with E-state index in [9.17, 15) is 9.18 Å². The van der Waals surface area contributed by atoms with E-state index in [1.807, 2.05) is 0 Å². The first-order chi connectivity index (χ1) is 10.2. The summed E-state index contributed by atoms with van der Waals surface area (Å²) in [5, 5.41) is 3.43. The van der Waals surface area contributed by atoms with Crippen molar-refractivity contribution in [1.82, 2.24) is 14.9 Å². The Kier molecular flexibility index (Phi) is 4.01. The molecule has 1 N–H and O–H groups in total. The highest BCUT2D eigenvalue weighted by atomic mass is 19.1. The Labute approximate surface area is 123 Å². The summed E-state index contributed by atoms with van der Waals surface area (Å²) in [7, 11) is 1.66. The summed E-state index contributed by atoms with van der Waals surface area (Å²) >= 11 is 0. The van der Waals surface area contributed by atoms with Crippen molar-refractivity contribution in [2.24, 2.45) is 7.05 Å². The van der Waals surface area contributed by atoms with Crippen LogP contribution < -0.4 is 10.9 Å². The predicted molar refractivity (Wildman–Crippen MR) is 80.7 cm³/mol. The highest BCUT2D eigenvalue weighted by Crippen LogP contribution is 2.21. The average molecular weight is 289 g/mol. The summed E-state index contributed by atoms with van der Waals surface area (Å²) < 4.78 is 15.6. The molecule has 0 spiro atoms. The van der Waals surface area contributed by atoms with E-state index < -0.39 is 0 Å². The first-order valence-electron chi connectivity index (χ1n) is 7.53. The van der Waals surface area contributed by atoms with E-state index in [1.54, 1.807) is 13.1 Å². The van der Waals surface area contributed by atoms with Crippen LogP contribution in [0.15, 0.2) is 23.1 Å². The van der Waals surface area contributed by atoms with Crippen molar-refractivity contribution in [1.29, 1.82) is 0 Å². The fourth-order valence-electron chi connectivity index (χ4n) is 3.12. The highest BCUT2D eigenvalue weighted by molar-refractivity contribution is 5.78. The number of fused-ring (bicyclic) bond motifs is 1. The lowest BCUT2D eigenvalue weighted by Gasteiger charge is -2.23. The summed E-state index contributed by atoms with van der Waals surface area (Å²) in [5.74, 6) is -0.355. The summed E-state index contributed by atoms with van der Waals surface area (Å²) in [6.45, 7) is 0.437. The largest absolute Gasteiger partial charge is 0.310 e. The van der Waals surface area contributed by atoms with Gasteiger partial charge in [-0.05, 0) is 18.9 Å². The second-order valence-electron chi connectivity index (χ2n) is 5.76. The number of aromatic nitrogens is 2. The molecule has 2 aromatic heterocycles. The van der Waals surface area contributed by atoms with E-state index in [4.69, 9.17) is 0 Å². The molecule has 1 aliphatic carbocycles. The third-order valence-corrected chi connectivity index (χ3v) is 4.36. The zero-order valence-electron chi connectivity index (χ0n) is 12.2. The molecule has 0 bridgehead atoms. The molecule has 0 saturated heterocycles. The van der Waals surface area contributed by atoms with Crippen LogP contribution in [-0.2, 0) is 13.6 Å². The number of nitrogens with zero attached hydrogens (tertiary/aromatic N) is 2. The van der Waals surface area contributed by atoms with Crippen molar-refractivity contribution in [3.05, 3.63) is 40.1 Å². The minimum Gasteiger partial charge on any atom is -0.310 e. The second-order valence-corrected chi connectivity index (χ2v) is 5.76. The molecule has 0 unspecified atom stereocenters. The lowest BCUT2D eigenvalue weighted by Crippen LogP contribution is -2.31. The van der Waals surface area contributed by atoms with Crippen molar-refractivity contribution in [3.63, 3.8) is 0 Å². The summed E-state index contributed by atoms with van der Waals surface area (Å²) in [4.78, 5) is 15.9. The molecule has 0 aromatic carbocycles. The molecule has 0 aliphatic heterocycles. The molecule has 0 atom stereocenters. The molecule has 4 nitrogen and oxygen atoms in total. The van der Waals surface area contributed by atoms with Gasteiger partial charge in [0.2, 0.25) is 0 Å². The quantitative estimate of drug-likeness (QED) is 0.944. The Morgan fingerprint density at radius 1 is 1.33 bits per heavy atom. The van der Waals surface area contributed by atoms with E-state index in [1.165, 1.54) is 36.1 Å². The van der Waals surface area contributed by atoms with Gasteiger partial charge in [0.1, 0.15) is 5.82 Å². The number of rotatable bonds is 3. The predicted octanol–water partition coefficient (Wildman–Crippen LogP) is 2.49. The molecule has 3 rings (SSSR count). The van der Waals surface area contributed by atoms with Gasteiger partial charge in [0, 0.05) is 31.3 Å². The van der Waals surface area contributed by atoms with E-state index in [0.717, 1.165) is 12.8 Å². The van der Waals surface area contributed by atoms with Gasteiger partial charge in [-0.3, -0.25) is 9.78 Å². The van der Waals surface area contributed by atoms with Crippen LogP contribution in [0.5, 0.6) is 0 Å². The molecule has 112 valence electrons. The van der Waals surface area contributed by atoms with Gasteiger partial charge < -0.3 is 9.88 Å². The van der Waals surface area contributed by atoms with Gasteiger partial charge in [-0.15, -0.1) is 0 Å². The Hall–Kier alpha value is -1.75. The highest BCUT2D eigenvalue weighted by Gasteiger charge is 2.16. The first kappa shape index (κ1) is 14.2. The van der Waals surface area contributed by atoms with E-state index in [-0.39, 0.29) is 11.4 Å². The maximum atomic E-state index is 14.2. The van der Waals surface area contributed by atoms with Crippen LogP contribution in [0.25, 0.3) is 11.0 Å². The van der Waals surface area contributed by atoms with Crippen LogP contribution in [0.2, 0.25) is 0 Å². The average Bonchev–Trinajstić information content (AvgIpc) is 2.51. The minimum absolute atomic E-state index is 0.145. The molecule has 1 aliphatic rings. The molecule has 0 radical (unpaired) electrons. The van der Waals surface area contributed by atoms with Gasteiger partial charge in [0.05, 0.1) is 17.2 Å². The lowest BCUT2D eigenvalue weighted by atomic mass is 9.95. The minimum atomic E-state index is -0.355. The first-order valence-corrected chi connectivity index (χ1v) is 7.53. The maximum absolute atomic E-state index is 14.2. The van der Waals surface area contributed by atoms with Crippen molar-refractivity contribution in [2.45, 2.75) is 44.7 Å². The third kappa shape index (κ3) is 2.83. The van der Waals surface area contributed by atoms with Gasteiger partial charge in [0.25, 0.3) is 5.56 Å². The van der Waals surface area contributed by atoms with Gasteiger partial charge in [-0.25, -0.2) is 4.39 Å². The number of halogens is 1. The maximum Gasteiger partial charge on any atom is 0.250 e. The Bertz CT molecular complexity index is 704. The molecular formula is C16H20FN3O. The molecule has 0 amide bonds. The van der Waals surface area contributed by atoms with Crippen LogP contribution in [-0.4, -0.2) is 15.6 Å². The molecule has 21 heavy (non-hydrogen) atoms. The SMILES string of the molecule is Cn1c(=O)ccc2ncc(F)c(CNC3CCCCC3)c21. The van der Waals surface area contributed by atoms with Crippen molar-refractivity contribution < 1.29 is 4.39 Å². The van der Waals surface area contributed by atoms with E-state index in [0.29, 0.717) is 29.2 Å². The fourth-order valence-corrected chi connectivity index (χ4v) is 3.12. The molecule has 1 fully saturated rings. The fraction of sp³-hybridized carbons (Fsp3) is 0.500. The van der Waals surface area contributed by atoms with Gasteiger partial charge in [-0.1, -0.05) is 19.3 Å². The lowest BCUT2D eigenvalue weighted by molar-refractivity contribution is 0.370. The normalized spacial score (nSPS) is 16.5. The third-order valence-electron chi connectivity index (χ3n) is 4.36. The molecule has 2 heterocycles. The van der Waals surface area contributed by atoms with Crippen molar-refractivity contribution in [3.8, 4) is 0 Å². The van der Waals surface area contributed by atoms with E-state index >= 15 is 0 Å². The summed E-state index contributed by atoms with van der Waals surface area (Å²) in [5.41, 5.74) is 1.63. The topological polar surface area (TPSA) is 46.9 Å². The number of hydrogen-bond donors (Lipinski definition) is 1. The standard InChI is InChI=1S/C16H20FN3O/c1-20-15(21)8-7-14-16(20)12(13(17)10-19-14)9-18-11-5-3-2-4-6-11/h7-8,10-11,18H,2-6,9H2,1H3. The van der Waals surface area contributed by atoms with Crippen molar-refractivity contribution >= 4 is 11.0 Å². The second kappa shape index (κ2) is 5.93. The monoisotopic (exact) mass is 289 g/mol. The van der Waals surface area contributed by atoms with Gasteiger partial charge in [0.15, 0.2) is 0 Å². The summed E-state index contributed by atoms with van der Waals surface area (Å²) in [6, 6.07) is 3.56. The molecule has 5 heteroatoms. The Morgan fingerprint density at radius 3 is 2.86 bits per heavy atom. The van der Waals surface area contributed by atoms with Gasteiger partial charge in [-0.2, -0.15) is 0 Å². The molecule has 2 aromatic rings. The van der Waals surface area contributed by atoms with Gasteiger partial charge >= 0.3 is 0 Å². The van der Waals surface area contributed by atoms with Crippen molar-refractivity contribution in [2.75, 3.05) is 0 Å². The van der Waals surface area contributed by atoms with E-state index in [2.05, 4.69) is 10.3 Å². The molecule has 1 saturated carbocycles. The smallest absolute Gasteiger partial charge is 0.250 e. The number of nitrogens with one attached hydrogen (secondary N) is 1. The number of aryl methyl sites for hydroxylation is 1. The van der Waals surface area contributed by atoms with Crippen LogP contribution in [0.1, 0.15) is 37.7 Å². The number of hydrogen-bond acceptors (Lipinski definition) is 3. The van der Waals surface area contributed by atoms with Crippen LogP contribution in [0.4, 0.5) is 4.39 Å². The zero-order valence-corrected chi connectivity index (χ0v) is 12.2. The van der Waals surface area contributed by atoms with Crippen LogP contribution in [0.3, 0.4) is 0 Å². The molecular weight excluding hydrogens is 269 g/mol. The zero-order chi connectivity index (χ0) is 14.8. The van der Waals surface area contributed by atoms with Crippen LogP contribution >= 0.6 is 0 Å². The van der Waals surface area contributed by atoms with Crippen LogP contribution in [0, 0.1) is 5.82 Å².